The molecule has 0 spiro atoms. The van der Waals surface area contributed by atoms with Gasteiger partial charge in [0.15, 0.2) is 0 Å². The Bertz CT molecular complexity index is 1160. The van der Waals surface area contributed by atoms with Crippen LogP contribution in [0.25, 0.3) is 22.2 Å². The largest absolute Gasteiger partial charge is 0.496 e. The molecule has 1 amide bonds. The van der Waals surface area contributed by atoms with E-state index in [4.69, 9.17) is 9.26 Å². The van der Waals surface area contributed by atoms with Crippen LogP contribution in [0.2, 0.25) is 0 Å². The summed E-state index contributed by atoms with van der Waals surface area (Å²) in [6.45, 7) is 0.121. The SMILES string of the molecule is COc1cc2ccccc2cc1C(=O)NCc1nc(-c2cccc(Br)c2)no1. The molecule has 1 N–H and O–H groups in total. The van der Waals surface area contributed by atoms with Gasteiger partial charge in [0.25, 0.3) is 5.91 Å². The Kier molecular flexibility index (Phi) is 5.08. The number of carbonyl (C=O) groups excluding carboxylic acids is 1. The van der Waals surface area contributed by atoms with Gasteiger partial charge in [-0.05, 0) is 35.0 Å². The Balaban J connectivity index is 1.51. The fourth-order valence-corrected chi connectivity index (χ4v) is 3.29. The van der Waals surface area contributed by atoms with Gasteiger partial charge in [0.1, 0.15) is 5.75 Å². The number of amides is 1. The van der Waals surface area contributed by atoms with Crippen LogP contribution in [-0.2, 0) is 6.54 Å². The van der Waals surface area contributed by atoms with Crippen molar-refractivity contribution in [3.63, 3.8) is 0 Å². The van der Waals surface area contributed by atoms with Gasteiger partial charge in [0, 0.05) is 10.0 Å². The smallest absolute Gasteiger partial charge is 0.255 e. The van der Waals surface area contributed by atoms with Crippen LogP contribution in [0.3, 0.4) is 0 Å². The van der Waals surface area contributed by atoms with Gasteiger partial charge < -0.3 is 14.6 Å². The minimum Gasteiger partial charge on any atom is -0.496 e. The Morgan fingerprint density at radius 3 is 2.64 bits per heavy atom. The molecule has 0 fully saturated rings. The lowest BCUT2D eigenvalue weighted by Gasteiger charge is -2.10. The highest BCUT2D eigenvalue weighted by molar-refractivity contribution is 9.10. The third-order valence-corrected chi connectivity index (χ3v) is 4.76. The molecule has 0 aliphatic rings. The zero-order valence-corrected chi connectivity index (χ0v) is 16.6. The van der Waals surface area contributed by atoms with E-state index in [9.17, 15) is 4.79 Å². The summed E-state index contributed by atoms with van der Waals surface area (Å²) in [5.74, 6) is 1.03. The molecule has 28 heavy (non-hydrogen) atoms. The van der Waals surface area contributed by atoms with Crippen LogP contribution in [-0.4, -0.2) is 23.2 Å². The monoisotopic (exact) mass is 437 g/mol. The molecule has 7 heteroatoms. The molecule has 4 aromatic rings. The summed E-state index contributed by atoms with van der Waals surface area (Å²) in [7, 11) is 1.54. The van der Waals surface area contributed by atoms with Gasteiger partial charge >= 0.3 is 0 Å². The van der Waals surface area contributed by atoms with Crippen molar-refractivity contribution in [2.24, 2.45) is 0 Å². The molecule has 140 valence electrons. The highest BCUT2D eigenvalue weighted by Gasteiger charge is 2.15. The van der Waals surface area contributed by atoms with E-state index in [1.165, 1.54) is 0 Å². The second-order valence-electron chi connectivity index (χ2n) is 6.10. The molecular formula is C21H16BrN3O3. The summed E-state index contributed by atoms with van der Waals surface area (Å²) in [5.41, 5.74) is 1.28. The summed E-state index contributed by atoms with van der Waals surface area (Å²) in [4.78, 5) is 17.0. The van der Waals surface area contributed by atoms with Gasteiger partial charge in [-0.2, -0.15) is 4.98 Å². The number of hydrogen-bond acceptors (Lipinski definition) is 5. The number of rotatable bonds is 5. The molecule has 0 saturated heterocycles. The fourth-order valence-electron chi connectivity index (χ4n) is 2.89. The molecule has 0 radical (unpaired) electrons. The predicted molar refractivity (Wildman–Crippen MR) is 109 cm³/mol. The number of fused-ring (bicyclic) bond motifs is 1. The number of methoxy groups -OCH3 is 1. The van der Waals surface area contributed by atoms with Crippen molar-refractivity contribution in [1.82, 2.24) is 15.5 Å². The average molecular weight is 438 g/mol. The van der Waals surface area contributed by atoms with Crippen molar-refractivity contribution < 1.29 is 14.1 Å². The van der Waals surface area contributed by atoms with Gasteiger partial charge in [-0.3, -0.25) is 4.79 Å². The van der Waals surface area contributed by atoms with Gasteiger partial charge in [-0.15, -0.1) is 0 Å². The molecule has 0 atom stereocenters. The number of nitrogens with zero attached hydrogens (tertiary/aromatic N) is 2. The second-order valence-corrected chi connectivity index (χ2v) is 7.02. The molecule has 4 rings (SSSR count). The lowest BCUT2D eigenvalue weighted by molar-refractivity contribution is 0.0943. The number of halogens is 1. The summed E-state index contributed by atoms with van der Waals surface area (Å²) in [6.07, 6.45) is 0. The van der Waals surface area contributed by atoms with E-state index in [1.807, 2.05) is 60.7 Å². The maximum absolute atomic E-state index is 12.7. The van der Waals surface area contributed by atoms with Crippen molar-refractivity contribution in [3.05, 3.63) is 76.6 Å². The third kappa shape index (κ3) is 3.75. The minimum atomic E-state index is -0.273. The van der Waals surface area contributed by atoms with E-state index in [2.05, 4.69) is 31.4 Å². The quantitative estimate of drug-likeness (QED) is 0.493. The zero-order chi connectivity index (χ0) is 19.5. The first kappa shape index (κ1) is 18.2. The number of aromatic nitrogens is 2. The van der Waals surface area contributed by atoms with E-state index in [0.29, 0.717) is 23.0 Å². The fraction of sp³-hybridized carbons (Fsp3) is 0.0952. The van der Waals surface area contributed by atoms with E-state index >= 15 is 0 Å². The summed E-state index contributed by atoms with van der Waals surface area (Å²) in [5, 5.41) is 8.74. The minimum absolute atomic E-state index is 0.121. The molecule has 1 aromatic heterocycles. The number of ether oxygens (including phenoxy) is 1. The standard InChI is InChI=1S/C21H16BrN3O3/c1-27-18-11-14-6-3-2-5-13(14)10-17(18)21(26)23-12-19-24-20(25-28-19)15-7-4-8-16(22)9-15/h2-11H,12H2,1H3,(H,23,26). The number of benzene rings is 3. The van der Waals surface area contributed by atoms with Gasteiger partial charge in [-0.25, -0.2) is 0 Å². The molecule has 6 nitrogen and oxygen atoms in total. The van der Waals surface area contributed by atoms with E-state index in [-0.39, 0.29) is 12.5 Å². The number of nitrogens with one attached hydrogen (secondary N) is 1. The maximum atomic E-state index is 12.7. The van der Waals surface area contributed by atoms with Crippen molar-refractivity contribution >= 4 is 32.6 Å². The highest BCUT2D eigenvalue weighted by Crippen LogP contribution is 2.26. The number of carbonyl (C=O) groups is 1. The summed E-state index contributed by atoms with van der Waals surface area (Å²) >= 11 is 3.42. The Morgan fingerprint density at radius 2 is 1.89 bits per heavy atom. The van der Waals surface area contributed by atoms with Crippen molar-refractivity contribution in [2.45, 2.75) is 6.54 Å². The average Bonchev–Trinajstić information content (AvgIpc) is 3.20. The lowest BCUT2D eigenvalue weighted by atomic mass is 10.1. The van der Waals surface area contributed by atoms with Gasteiger partial charge in [-0.1, -0.05) is 57.5 Å². The normalized spacial score (nSPS) is 10.8. The molecule has 0 bridgehead atoms. The second kappa shape index (κ2) is 7.82. The first-order chi connectivity index (χ1) is 13.6. The van der Waals surface area contributed by atoms with Crippen molar-refractivity contribution in [1.29, 1.82) is 0 Å². The summed E-state index contributed by atoms with van der Waals surface area (Å²) < 4.78 is 11.6. The molecule has 0 aliphatic heterocycles. The highest BCUT2D eigenvalue weighted by atomic mass is 79.9. The van der Waals surface area contributed by atoms with Crippen LogP contribution in [0, 0.1) is 0 Å². The third-order valence-electron chi connectivity index (χ3n) is 4.26. The van der Waals surface area contributed by atoms with Crippen LogP contribution in [0.4, 0.5) is 0 Å². The molecule has 3 aromatic carbocycles. The zero-order valence-electron chi connectivity index (χ0n) is 15.0. The van der Waals surface area contributed by atoms with Crippen LogP contribution in [0.5, 0.6) is 5.75 Å². The van der Waals surface area contributed by atoms with Gasteiger partial charge in [0.05, 0.1) is 19.2 Å². The number of hydrogen-bond donors (Lipinski definition) is 1. The van der Waals surface area contributed by atoms with Crippen LogP contribution in [0.15, 0.2) is 69.7 Å². The molecule has 0 unspecified atom stereocenters. The molecule has 0 saturated carbocycles. The van der Waals surface area contributed by atoms with E-state index in [0.717, 1.165) is 20.8 Å². The van der Waals surface area contributed by atoms with Crippen molar-refractivity contribution in [2.75, 3.05) is 7.11 Å². The topological polar surface area (TPSA) is 77.2 Å². The van der Waals surface area contributed by atoms with Crippen molar-refractivity contribution in [3.8, 4) is 17.1 Å². The maximum Gasteiger partial charge on any atom is 0.255 e. The molecule has 0 aliphatic carbocycles. The van der Waals surface area contributed by atoms with Crippen LogP contribution >= 0.6 is 15.9 Å². The summed E-state index contributed by atoms with van der Waals surface area (Å²) in [6, 6.07) is 19.1. The van der Waals surface area contributed by atoms with Crippen LogP contribution in [0.1, 0.15) is 16.2 Å². The molecule has 1 heterocycles. The Morgan fingerprint density at radius 1 is 1.11 bits per heavy atom. The first-order valence-corrected chi connectivity index (χ1v) is 9.37. The lowest BCUT2D eigenvalue weighted by Crippen LogP contribution is -2.23. The Labute approximate surface area is 169 Å². The predicted octanol–water partition coefficient (Wildman–Crippen LogP) is 4.59. The molecular weight excluding hydrogens is 422 g/mol. The van der Waals surface area contributed by atoms with E-state index in [1.54, 1.807) is 7.11 Å². The van der Waals surface area contributed by atoms with Crippen LogP contribution < -0.4 is 10.1 Å². The Hall–Kier alpha value is -3.19. The van der Waals surface area contributed by atoms with E-state index < -0.39 is 0 Å². The van der Waals surface area contributed by atoms with Gasteiger partial charge in [0.2, 0.25) is 11.7 Å². The first-order valence-electron chi connectivity index (χ1n) is 8.57.